The third-order valence-electron chi connectivity index (χ3n) is 2.91. The van der Waals surface area contributed by atoms with Gasteiger partial charge >= 0.3 is 0 Å². The molecule has 1 aromatic rings. The summed E-state index contributed by atoms with van der Waals surface area (Å²) in [5.74, 6) is 1.09. The largest absolute Gasteiger partial charge is 0.351 e. The van der Waals surface area contributed by atoms with Crippen LogP contribution in [0.2, 0.25) is 0 Å². The highest BCUT2D eigenvalue weighted by atomic mass is 32.2. The van der Waals surface area contributed by atoms with Gasteiger partial charge in [0.1, 0.15) is 5.75 Å². The first-order valence-corrected chi connectivity index (χ1v) is 7.59. The van der Waals surface area contributed by atoms with Crippen LogP contribution in [0.4, 0.5) is 0 Å². The van der Waals surface area contributed by atoms with Gasteiger partial charge in [0, 0.05) is 36.2 Å². The molecule has 18 heavy (non-hydrogen) atoms. The highest BCUT2D eigenvalue weighted by Gasteiger charge is 2.20. The zero-order chi connectivity index (χ0) is 12.8. The molecule has 1 heterocycles. The smallest absolute Gasteiger partial charge is 0.232 e. The van der Waals surface area contributed by atoms with E-state index in [-0.39, 0.29) is 11.7 Å². The SMILES string of the molecule is O=C(CS(=O)CC1CNC1)NCc1ccccc1. The molecule has 0 aliphatic carbocycles. The van der Waals surface area contributed by atoms with Crippen LogP contribution >= 0.6 is 0 Å². The van der Waals surface area contributed by atoms with Gasteiger partial charge in [0.2, 0.25) is 5.91 Å². The molecular weight excluding hydrogens is 248 g/mol. The molecule has 1 aromatic carbocycles. The van der Waals surface area contributed by atoms with Gasteiger partial charge in [0.15, 0.2) is 0 Å². The van der Waals surface area contributed by atoms with Crippen molar-refractivity contribution in [2.75, 3.05) is 24.6 Å². The molecule has 0 bridgehead atoms. The Morgan fingerprint density at radius 2 is 2.06 bits per heavy atom. The van der Waals surface area contributed by atoms with Gasteiger partial charge in [-0.15, -0.1) is 0 Å². The predicted molar refractivity (Wildman–Crippen MR) is 72.5 cm³/mol. The molecule has 5 heteroatoms. The molecule has 2 rings (SSSR count). The molecule has 0 saturated carbocycles. The number of hydrogen-bond donors (Lipinski definition) is 2. The van der Waals surface area contributed by atoms with Crippen molar-refractivity contribution in [2.45, 2.75) is 6.54 Å². The van der Waals surface area contributed by atoms with E-state index in [0.717, 1.165) is 18.7 Å². The van der Waals surface area contributed by atoms with Gasteiger partial charge in [-0.25, -0.2) is 0 Å². The van der Waals surface area contributed by atoms with Gasteiger partial charge in [0.25, 0.3) is 0 Å². The molecule has 2 N–H and O–H groups in total. The van der Waals surface area contributed by atoms with E-state index in [4.69, 9.17) is 0 Å². The molecule has 0 spiro atoms. The van der Waals surface area contributed by atoms with Crippen LogP contribution in [-0.2, 0) is 22.1 Å². The second kappa shape index (κ2) is 6.66. The molecule has 1 atom stereocenters. The third kappa shape index (κ3) is 4.23. The van der Waals surface area contributed by atoms with Crippen molar-refractivity contribution in [3.63, 3.8) is 0 Å². The number of rotatable bonds is 6. The van der Waals surface area contributed by atoms with Crippen LogP contribution in [0.3, 0.4) is 0 Å². The van der Waals surface area contributed by atoms with E-state index in [1.54, 1.807) is 0 Å². The second-order valence-corrected chi connectivity index (χ2v) is 6.04. The molecular formula is C13H18N2O2S. The normalized spacial score (nSPS) is 16.9. The Morgan fingerprint density at radius 1 is 1.33 bits per heavy atom. The van der Waals surface area contributed by atoms with E-state index >= 15 is 0 Å². The van der Waals surface area contributed by atoms with Gasteiger partial charge < -0.3 is 10.6 Å². The average molecular weight is 266 g/mol. The van der Waals surface area contributed by atoms with Crippen LogP contribution in [-0.4, -0.2) is 34.7 Å². The first-order chi connectivity index (χ1) is 8.74. The topological polar surface area (TPSA) is 58.2 Å². The maximum absolute atomic E-state index is 11.7. The third-order valence-corrected chi connectivity index (χ3v) is 4.34. The Morgan fingerprint density at radius 3 is 2.67 bits per heavy atom. The minimum atomic E-state index is -1.04. The van der Waals surface area contributed by atoms with Crippen LogP contribution in [0, 0.1) is 5.92 Å². The first kappa shape index (κ1) is 13.2. The minimum Gasteiger partial charge on any atom is -0.351 e. The highest BCUT2D eigenvalue weighted by Crippen LogP contribution is 2.04. The maximum Gasteiger partial charge on any atom is 0.232 e. The van der Waals surface area contributed by atoms with Crippen molar-refractivity contribution in [2.24, 2.45) is 5.92 Å². The van der Waals surface area contributed by atoms with Gasteiger partial charge in [-0.2, -0.15) is 0 Å². The fourth-order valence-electron chi connectivity index (χ4n) is 1.78. The summed E-state index contributed by atoms with van der Waals surface area (Å²) in [6.07, 6.45) is 0. The summed E-state index contributed by atoms with van der Waals surface area (Å²) in [5.41, 5.74) is 1.06. The van der Waals surface area contributed by atoms with Crippen LogP contribution < -0.4 is 10.6 Å². The van der Waals surface area contributed by atoms with Gasteiger partial charge in [0.05, 0.1) is 0 Å². The molecule has 0 aromatic heterocycles. The van der Waals surface area contributed by atoms with Crippen molar-refractivity contribution in [1.82, 2.24) is 10.6 Å². The maximum atomic E-state index is 11.7. The van der Waals surface area contributed by atoms with Crippen LogP contribution in [0.1, 0.15) is 5.56 Å². The number of carbonyl (C=O) groups is 1. The van der Waals surface area contributed by atoms with E-state index in [1.807, 2.05) is 30.3 Å². The minimum absolute atomic E-state index is 0.114. The highest BCUT2D eigenvalue weighted by molar-refractivity contribution is 7.85. The summed E-state index contributed by atoms with van der Waals surface area (Å²) >= 11 is 0. The molecule has 1 aliphatic heterocycles. The monoisotopic (exact) mass is 266 g/mol. The van der Waals surface area contributed by atoms with Crippen molar-refractivity contribution in [1.29, 1.82) is 0 Å². The van der Waals surface area contributed by atoms with Crippen molar-refractivity contribution >= 4 is 16.7 Å². The van der Waals surface area contributed by atoms with E-state index in [1.165, 1.54) is 0 Å². The number of carbonyl (C=O) groups excluding carboxylic acids is 1. The van der Waals surface area contributed by atoms with E-state index in [0.29, 0.717) is 18.2 Å². The van der Waals surface area contributed by atoms with Gasteiger partial charge in [-0.3, -0.25) is 9.00 Å². The number of nitrogens with one attached hydrogen (secondary N) is 2. The Hall–Kier alpha value is -1.20. The lowest BCUT2D eigenvalue weighted by molar-refractivity contribution is -0.118. The summed E-state index contributed by atoms with van der Waals surface area (Å²) < 4.78 is 11.7. The lowest BCUT2D eigenvalue weighted by Gasteiger charge is -2.26. The quantitative estimate of drug-likeness (QED) is 0.777. The summed E-state index contributed by atoms with van der Waals surface area (Å²) in [6, 6.07) is 9.72. The van der Waals surface area contributed by atoms with Gasteiger partial charge in [-0.05, 0) is 11.5 Å². The van der Waals surface area contributed by atoms with E-state index < -0.39 is 10.8 Å². The summed E-state index contributed by atoms with van der Waals surface area (Å²) in [5, 5.41) is 5.92. The van der Waals surface area contributed by atoms with Crippen LogP contribution in [0.25, 0.3) is 0 Å². The Bertz CT molecular complexity index is 418. The van der Waals surface area contributed by atoms with Crippen molar-refractivity contribution in [3.8, 4) is 0 Å². The lowest BCUT2D eigenvalue weighted by Crippen LogP contribution is -2.45. The van der Waals surface area contributed by atoms with Crippen molar-refractivity contribution < 1.29 is 9.00 Å². The fourth-order valence-corrected chi connectivity index (χ4v) is 3.06. The number of hydrogen-bond acceptors (Lipinski definition) is 3. The fraction of sp³-hybridized carbons (Fsp3) is 0.462. The summed E-state index contributed by atoms with van der Waals surface area (Å²) in [7, 11) is -1.04. The van der Waals surface area contributed by atoms with Crippen LogP contribution in [0.15, 0.2) is 30.3 Å². The molecule has 1 amide bonds. The van der Waals surface area contributed by atoms with Crippen molar-refractivity contribution in [3.05, 3.63) is 35.9 Å². The molecule has 0 radical (unpaired) electrons. The predicted octanol–water partition coefficient (Wildman–Crippen LogP) is 0.271. The van der Waals surface area contributed by atoms with Gasteiger partial charge in [-0.1, -0.05) is 30.3 Å². The molecule has 4 nitrogen and oxygen atoms in total. The lowest BCUT2D eigenvalue weighted by atomic mass is 10.1. The van der Waals surface area contributed by atoms with Crippen LogP contribution in [0.5, 0.6) is 0 Å². The molecule has 1 unspecified atom stereocenters. The molecule has 1 saturated heterocycles. The molecule has 1 aliphatic rings. The first-order valence-electron chi connectivity index (χ1n) is 6.10. The molecule has 1 fully saturated rings. The zero-order valence-corrected chi connectivity index (χ0v) is 11.0. The van der Waals surface area contributed by atoms with E-state index in [9.17, 15) is 9.00 Å². The second-order valence-electron chi connectivity index (χ2n) is 4.54. The Kier molecular flexibility index (Phi) is 4.90. The summed E-state index contributed by atoms with van der Waals surface area (Å²) in [4.78, 5) is 11.6. The van der Waals surface area contributed by atoms with E-state index in [2.05, 4.69) is 10.6 Å². The zero-order valence-electron chi connectivity index (χ0n) is 10.2. The standard InChI is InChI=1S/C13H18N2O2S/c16-13(10-18(17)9-12-6-14-7-12)15-8-11-4-2-1-3-5-11/h1-5,12,14H,6-10H2,(H,15,16). The summed E-state index contributed by atoms with van der Waals surface area (Å²) in [6.45, 7) is 2.36. The number of benzene rings is 1. The molecule has 98 valence electrons. The Labute approximate surface area is 110 Å². The Balaban J connectivity index is 1.66. The average Bonchev–Trinajstić information content (AvgIpc) is 2.33. The number of amides is 1.